The number of esters is 1. The quantitative estimate of drug-likeness (QED) is 0.430. The SMILES string of the molecule is CCOC(=O)C(C)Oc1ccc2c(c1)C(=CCCN1CCC(O)(c3ccc(Cl)cc3)CC1)C1C=CC=NC1CO2. The maximum absolute atomic E-state index is 12.1. The molecule has 1 N–H and O–H groups in total. The molecule has 8 heteroatoms. The molecule has 7 nitrogen and oxygen atoms in total. The van der Waals surface area contributed by atoms with Gasteiger partial charge < -0.3 is 24.2 Å². The molecule has 0 aliphatic carbocycles. The number of piperidine rings is 1. The molecule has 0 saturated carbocycles. The summed E-state index contributed by atoms with van der Waals surface area (Å²) in [6, 6.07) is 13.2. The molecule has 0 spiro atoms. The van der Waals surface area contributed by atoms with Crippen LogP contribution in [0, 0.1) is 5.92 Å². The number of nitrogens with zero attached hydrogens (tertiary/aromatic N) is 2. The first-order valence-corrected chi connectivity index (χ1v) is 14.5. The maximum Gasteiger partial charge on any atom is 0.347 e. The van der Waals surface area contributed by atoms with E-state index in [1.54, 1.807) is 13.8 Å². The standard InChI is InChI=1S/C32H37ClN2O5/c1-3-38-31(36)22(2)40-25-12-13-30-28(20-25)26(27-6-4-16-34-29(27)21-39-30)7-5-17-35-18-14-32(37,15-19-35)23-8-10-24(33)11-9-23/h4,6-13,16,20,22,27,29,37H,3,5,14-15,17-19,21H2,1-2H3. The van der Waals surface area contributed by atoms with Crippen LogP contribution in [0.15, 0.2) is 65.7 Å². The highest BCUT2D eigenvalue weighted by Crippen LogP contribution is 2.41. The number of allylic oxidation sites excluding steroid dienone is 1. The predicted molar refractivity (Wildman–Crippen MR) is 157 cm³/mol. The van der Waals surface area contributed by atoms with E-state index in [4.69, 9.17) is 30.8 Å². The van der Waals surface area contributed by atoms with Crippen LogP contribution >= 0.6 is 11.6 Å². The monoisotopic (exact) mass is 564 g/mol. The first-order valence-electron chi connectivity index (χ1n) is 14.1. The van der Waals surface area contributed by atoms with Gasteiger partial charge in [-0.2, -0.15) is 0 Å². The molecular weight excluding hydrogens is 528 g/mol. The minimum absolute atomic E-state index is 0.00385. The van der Waals surface area contributed by atoms with Crippen molar-refractivity contribution in [1.82, 2.24) is 4.90 Å². The van der Waals surface area contributed by atoms with Gasteiger partial charge in [0.25, 0.3) is 0 Å². The van der Waals surface area contributed by atoms with Crippen LogP contribution in [0.5, 0.6) is 11.5 Å². The molecule has 3 unspecified atom stereocenters. The number of hydrogen-bond acceptors (Lipinski definition) is 7. The van der Waals surface area contributed by atoms with Gasteiger partial charge in [0.15, 0.2) is 6.10 Å². The first-order chi connectivity index (χ1) is 19.4. The summed E-state index contributed by atoms with van der Waals surface area (Å²) in [4.78, 5) is 19.2. The lowest BCUT2D eigenvalue weighted by Crippen LogP contribution is -2.42. The summed E-state index contributed by atoms with van der Waals surface area (Å²) in [5.41, 5.74) is 2.22. The Morgan fingerprint density at radius 3 is 2.77 bits per heavy atom. The largest absolute Gasteiger partial charge is 0.491 e. The topological polar surface area (TPSA) is 80.6 Å². The van der Waals surface area contributed by atoms with E-state index in [0.717, 1.165) is 48.5 Å². The Morgan fingerprint density at radius 2 is 2.02 bits per heavy atom. The van der Waals surface area contributed by atoms with Crippen LogP contribution < -0.4 is 9.47 Å². The molecule has 3 atom stereocenters. The molecule has 0 aromatic heterocycles. The molecular formula is C32H37ClN2O5. The number of hydrogen-bond donors (Lipinski definition) is 1. The average molecular weight is 565 g/mol. The van der Waals surface area contributed by atoms with E-state index in [1.165, 1.54) is 0 Å². The molecule has 0 radical (unpaired) electrons. The molecule has 40 heavy (non-hydrogen) atoms. The number of aliphatic imine (C=N–C) groups is 1. The Labute approximate surface area is 241 Å². The van der Waals surface area contributed by atoms with Gasteiger partial charge in [-0.15, -0.1) is 0 Å². The van der Waals surface area contributed by atoms with Crippen molar-refractivity contribution in [2.24, 2.45) is 10.9 Å². The highest BCUT2D eigenvalue weighted by molar-refractivity contribution is 6.30. The van der Waals surface area contributed by atoms with Crippen LogP contribution in [0.3, 0.4) is 0 Å². The Hall–Kier alpha value is -3.13. The number of dihydropyridines is 1. The van der Waals surface area contributed by atoms with Crippen molar-refractivity contribution in [2.45, 2.75) is 50.9 Å². The number of halogens is 1. The van der Waals surface area contributed by atoms with E-state index in [-0.39, 0.29) is 12.0 Å². The van der Waals surface area contributed by atoms with Crippen molar-refractivity contribution in [3.05, 3.63) is 76.8 Å². The molecule has 0 bridgehead atoms. The van der Waals surface area contributed by atoms with Crippen LogP contribution in [0.25, 0.3) is 5.57 Å². The van der Waals surface area contributed by atoms with Crippen LogP contribution in [-0.2, 0) is 15.1 Å². The zero-order chi connectivity index (χ0) is 28.1. The fourth-order valence-corrected chi connectivity index (χ4v) is 5.78. The van der Waals surface area contributed by atoms with Gasteiger partial charge in [0.05, 0.1) is 18.2 Å². The summed E-state index contributed by atoms with van der Waals surface area (Å²) in [6.07, 6.45) is 9.80. The zero-order valence-corrected chi connectivity index (χ0v) is 23.8. The summed E-state index contributed by atoms with van der Waals surface area (Å²) in [5.74, 6) is 1.07. The van der Waals surface area contributed by atoms with Crippen LogP contribution in [0.4, 0.5) is 0 Å². The van der Waals surface area contributed by atoms with Gasteiger partial charge in [-0.1, -0.05) is 35.9 Å². The summed E-state index contributed by atoms with van der Waals surface area (Å²) in [7, 11) is 0. The van der Waals surface area contributed by atoms with E-state index in [9.17, 15) is 9.90 Å². The molecule has 1 fully saturated rings. The minimum atomic E-state index is -0.813. The van der Waals surface area contributed by atoms with Crippen LogP contribution in [0.2, 0.25) is 5.02 Å². The minimum Gasteiger partial charge on any atom is -0.491 e. The van der Waals surface area contributed by atoms with Crippen molar-refractivity contribution < 1.29 is 24.1 Å². The second-order valence-electron chi connectivity index (χ2n) is 10.6. The van der Waals surface area contributed by atoms with Crippen molar-refractivity contribution >= 4 is 29.4 Å². The Balaban J connectivity index is 1.30. The number of carbonyl (C=O) groups excluding carboxylic acids is 1. The lowest BCUT2D eigenvalue weighted by Gasteiger charge is -2.38. The zero-order valence-electron chi connectivity index (χ0n) is 23.1. The summed E-state index contributed by atoms with van der Waals surface area (Å²) >= 11 is 6.04. The maximum atomic E-state index is 12.1. The molecule has 2 aromatic rings. The highest BCUT2D eigenvalue weighted by atomic mass is 35.5. The summed E-state index contributed by atoms with van der Waals surface area (Å²) in [5, 5.41) is 11.9. The lowest BCUT2D eigenvalue weighted by atomic mass is 9.84. The molecule has 3 aliphatic heterocycles. The third kappa shape index (κ3) is 6.43. The van der Waals surface area contributed by atoms with E-state index >= 15 is 0 Å². The molecule has 3 heterocycles. The van der Waals surface area contributed by atoms with E-state index < -0.39 is 17.7 Å². The average Bonchev–Trinajstić information content (AvgIpc) is 3.11. The van der Waals surface area contributed by atoms with Gasteiger partial charge in [0.1, 0.15) is 18.1 Å². The second kappa shape index (κ2) is 12.6. The van der Waals surface area contributed by atoms with Crippen molar-refractivity contribution in [3.63, 3.8) is 0 Å². The number of ether oxygens (including phenoxy) is 3. The van der Waals surface area contributed by atoms with Gasteiger partial charge in [-0.3, -0.25) is 4.99 Å². The van der Waals surface area contributed by atoms with Crippen molar-refractivity contribution in [2.75, 3.05) is 32.8 Å². The fraction of sp³-hybridized carbons (Fsp3) is 0.438. The first kappa shape index (κ1) is 28.4. The number of aliphatic hydroxyl groups is 1. The molecule has 2 aromatic carbocycles. The third-order valence-electron chi connectivity index (χ3n) is 7.93. The van der Waals surface area contributed by atoms with Crippen molar-refractivity contribution in [3.8, 4) is 11.5 Å². The highest BCUT2D eigenvalue weighted by Gasteiger charge is 2.34. The number of likely N-dealkylation sites (tertiary alicyclic amines) is 1. The number of rotatable bonds is 8. The number of benzene rings is 2. The second-order valence-corrected chi connectivity index (χ2v) is 11.0. The molecule has 5 rings (SSSR count). The Bertz CT molecular complexity index is 1280. The van der Waals surface area contributed by atoms with Crippen LogP contribution in [0.1, 0.15) is 44.2 Å². The van der Waals surface area contributed by atoms with Gasteiger partial charge >= 0.3 is 5.97 Å². The summed E-state index contributed by atoms with van der Waals surface area (Å²) in [6.45, 7) is 6.80. The van der Waals surface area contributed by atoms with Gasteiger partial charge in [0, 0.05) is 42.4 Å². The summed E-state index contributed by atoms with van der Waals surface area (Å²) < 4.78 is 17.2. The van der Waals surface area contributed by atoms with E-state index in [2.05, 4.69) is 17.1 Å². The predicted octanol–water partition coefficient (Wildman–Crippen LogP) is 5.45. The Morgan fingerprint density at radius 1 is 1.25 bits per heavy atom. The number of carbonyl (C=O) groups is 1. The van der Waals surface area contributed by atoms with Gasteiger partial charge in [0.2, 0.25) is 0 Å². The molecule has 3 aliphatic rings. The fourth-order valence-electron chi connectivity index (χ4n) is 5.65. The smallest absolute Gasteiger partial charge is 0.347 e. The Kier molecular flexibility index (Phi) is 8.94. The number of fused-ring (bicyclic) bond motifs is 2. The molecule has 212 valence electrons. The molecule has 0 amide bonds. The van der Waals surface area contributed by atoms with Gasteiger partial charge in [-0.25, -0.2) is 4.79 Å². The van der Waals surface area contributed by atoms with E-state index in [0.29, 0.717) is 36.8 Å². The van der Waals surface area contributed by atoms with Crippen LogP contribution in [-0.4, -0.2) is 67.2 Å². The lowest BCUT2D eigenvalue weighted by molar-refractivity contribution is -0.150. The molecule has 1 saturated heterocycles. The normalized spacial score (nSPS) is 23.4. The third-order valence-corrected chi connectivity index (χ3v) is 8.19. The van der Waals surface area contributed by atoms with Crippen molar-refractivity contribution in [1.29, 1.82) is 0 Å². The van der Waals surface area contributed by atoms with E-state index in [1.807, 2.05) is 54.8 Å². The van der Waals surface area contributed by atoms with Gasteiger partial charge in [-0.05, 0) is 80.7 Å².